The molecule has 0 aliphatic carbocycles. The van der Waals surface area contributed by atoms with E-state index in [1.165, 1.54) is 11.8 Å². The maximum absolute atomic E-state index is 12.6. The zero-order valence-electron chi connectivity index (χ0n) is 20.7. The number of aryl methyl sites for hydroxylation is 1. The van der Waals surface area contributed by atoms with E-state index < -0.39 is 0 Å². The van der Waals surface area contributed by atoms with E-state index in [4.69, 9.17) is 16.3 Å². The highest BCUT2D eigenvalue weighted by molar-refractivity contribution is 8.18. The number of hydrogen-bond donors (Lipinski definition) is 1. The zero-order chi connectivity index (χ0) is 25.8. The summed E-state index contributed by atoms with van der Waals surface area (Å²) >= 11 is 7.50. The lowest BCUT2D eigenvalue weighted by atomic mass is 10.2. The standard InChI is InChI=1S/C28H28ClN3O3S/c1-5-6-14-35-27(34)20-10-12-22(13-11-20)32-17(2)15-21(19(32)4)16-25-26(33)31-28(36-25)30-24-9-7-8-23(29)18(24)3/h7-13,15-16H,5-6,14H2,1-4H3,(H,30,31,33)/b25-16-. The topological polar surface area (TPSA) is 72.7 Å². The van der Waals surface area contributed by atoms with Crippen molar-refractivity contribution in [1.82, 2.24) is 9.88 Å². The van der Waals surface area contributed by atoms with Crippen molar-refractivity contribution in [3.8, 4) is 5.69 Å². The van der Waals surface area contributed by atoms with E-state index >= 15 is 0 Å². The Hall–Kier alpha value is -3.29. The summed E-state index contributed by atoms with van der Waals surface area (Å²) in [6, 6.07) is 14.9. The number of aromatic nitrogens is 1. The number of benzene rings is 2. The minimum Gasteiger partial charge on any atom is -0.462 e. The van der Waals surface area contributed by atoms with Gasteiger partial charge in [0.15, 0.2) is 5.17 Å². The van der Waals surface area contributed by atoms with Crippen molar-refractivity contribution >= 4 is 52.2 Å². The highest BCUT2D eigenvalue weighted by Crippen LogP contribution is 2.32. The molecular formula is C28H28ClN3O3S. The van der Waals surface area contributed by atoms with E-state index in [1.807, 2.05) is 63.2 Å². The van der Waals surface area contributed by atoms with Crippen molar-refractivity contribution < 1.29 is 14.3 Å². The number of nitrogens with one attached hydrogen (secondary N) is 1. The van der Waals surface area contributed by atoms with Crippen LogP contribution in [-0.4, -0.2) is 28.2 Å². The second kappa shape index (κ2) is 11.2. The second-order valence-corrected chi connectivity index (χ2v) is 10.0. The Morgan fingerprint density at radius 2 is 1.92 bits per heavy atom. The number of thioether (sulfide) groups is 1. The summed E-state index contributed by atoms with van der Waals surface area (Å²) in [5, 5.41) is 3.99. The zero-order valence-corrected chi connectivity index (χ0v) is 22.3. The Bertz CT molecular complexity index is 1370. The predicted molar refractivity (Wildman–Crippen MR) is 147 cm³/mol. The molecule has 1 aromatic heterocycles. The number of aliphatic imine (C=N–C) groups is 1. The molecule has 2 aromatic carbocycles. The molecule has 0 bridgehead atoms. The van der Waals surface area contributed by atoms with Gasteiger partial charge < -0.3 is 14.6 Å². The van der Waals surface area contributed by atoms with Gasteiger partial charge in [0.25, 0.3) is 5.91 Å². The van der Waals surface area contributed by atoms with Crippen LogP contribution in [0.5, 0.6) is 0 Å². The maximum atomic E-state index is 12.6. The van der Waals surface area contributed by atoms with Gasteiger partial charge in [0.1, 0.15) is 0 Å². The first-order valence-corrected chi connectivity index (χ1v) is 13.0. The molecule has 2 heterocycles. The first-order chi connectivity index (χ1) is 17.3. The third kappa shape index (κ3) is 5.58. The first-order valence-electron chi connectivity index (χ1n) is 11.8. The first kappa shape index (κ1) is 25.8. The fraction of sp³-hybridized carbons (Fsp3) is 0.250. The van der Waals surface area contributed by atoms with Gasteiger partial charge in [0, 0.05) is 22.1 Å². The number of hydrogen-bond acceptors (Lipinski definition) is 5. The quantitative estimate of drug-likeness (QED) is 0.208. The average molecular weight is 522 g/mol. The van der Waals surface area contributed by atoms with Crippen molar-refractivity contribution in [2.45, 2.75) is 40.5 Å². The monoisotopic (exact) mass is 521 g/mol. The summed E-state index contributed by atoms with van der Waals surface area (Å²) in [4.78, 5) is 30.0. The second-order valence-electron chi connectivity index (χ2n) is 8.56. The Morgan fingerprint density at radius 1 is 1.17 bits per heavy atom. The van der Waals surface area contributed by atoms with Crippen LogP contribution in [0.4, 0.5) is 5.69 Å². The van der Waals surface area contributed by atoms with Crippen LogP contribution >= 0.6 is 23.4 Å². The maximum Gasteiger partial charge on any atom is 0.338 e. The van der Waals surface area contributed by atoms with Gasteiger partial charge in [0.2, 0.25) is 0 Å². The van der Waals surface area contributed by atoms with E-state index in [-0.39, 0.29) is 11.9 Å². The molecule has 3 aromatic rings. The highest BCUT2D eigenvalue weighted by atomic mass is 35.5. The third-order valence-corrected chi connectivity index (χ3v) is 7.28. The minimum atomic E-state index is -0.309. The largest absolute Gasteiger partial charge is 0.462 e. The number of amidine groups is 1. The summed E-state index contributed by atoms with van der Waals surface area (Å²) in [6.45, 7) is 8.41. The van der Waals surface area contributed by atoms with Gasteiger partial charge in [-0.25, -0.2) is 9.79 Å². The molecule has 6 nitrogen and oxygen atoms in total. The minimum absolute atomic E-state index is 0.186. The van der Waals surface area contributed by atoms with E-state index in [1.54, 1.807) is 12.1 Å². The molecule has 0 saturated carbocycles. The van der Waals surface area contributed by atoms with Crippen molar-refractivity contribution in [2.24, 2.45) is 4.99 Å². The van der Waals surface area contributed by atoms with Crippen LogP contribution < -0.4 is 5.32 Å². The molecular weight excluding hydrogens is 494 g/mol. The number of unbranched alkanes of at least 4 members (excludes halogenated alkanes) is 1. The van der Waals surface area contributed by atoms with Gasteiger partial charge in [-0.05, 0) is 98.6 Å². The molecule has 1 fully saturated rings. The van der Waals surface area contributed by atoms with Crippen molar-refractivity contribution in [2.75, 3.05) is 6.61 Å². The predicted octanol–water partition coefficient (Wildman–Crippen LogP) is 6.90. The van der Waals surface area contributed by atoms with Crippen LogP contribution in [0, 0.1) is 20.8 Å². The molecule has 0 radical (unpaired) electrons. The van der Waals surface area contributed by atoms with Gasteiger partial charge in [-0.15, -0.1) is 0 Å². The number of ether oxygens (including phenoxy) is 1. The van der Waals surface area contributed by atoms with Gasteiger partial charge in [-0.1, -0.05) is 31.0 Å². The van der Waals surface area contributed by atoms with Crippen LogP contribution in [0.25, 0.3) is 11.8 Å². The molecule has 1 aliphatic rings. The number of esters is 1. The van der Waals surface area contributed by atoms with Crippen LogP contribution in [0.3, 0.4) is 0 Å². The van der Waals surface area contributed by atoms with E-state index in [0.29, 0.717) is 27.3 Å². The van der Waals surface area contributed by atoms with Gasteiger partial charge >= 0.3 is 5.97 Å². The normalized spacial score (nSPS) is 15.5. The molecule has 0 spiro atoms. The van der Waals surface area contributed by atoms with Gasteiger partial charge in [0.05, 0.1) is 22.8 Å². The molecule has 4 rings (SSSR count). The number of carbonyl (C=O) groups is 2. The van der Waals surface area contributed by atoms with Crippen molar-refractivity contribution in [1.29, 1.82) is 0 Å². The molecule has 0 atom stereocenters. The fourth-order valence-corrected chi connectivity index (χ4v) is 4.91. The number of rotatable bonds is 7. The van der Waals surface area contributed by atoms with Gasteiger partial charge in [-0.2, -0.15) is 0 Å². The summed E-state index contributed by atoms with van der Waals surface area (Å²) in [7, 11) is 0. The molecule has 186 valence electrons. The smallest absolute Gasteiger partial charge is 0.338 e. The summed E-state index contributed by atoms with van der Waals surface area (Å²) in [5.74, 6) is -0.495. The number of nitrogens with zero attached hydrogens (tertiary/aromatic N) is 2. The SMILES string of the molecule is CCCCOC(=O)c1ccc(-n2c(C)cc(/C=C3\SC(=Nc4cccc(Cl)c4C)NC3=O)c2C)cc1. The fourth-order valence-electron chi connectivity index (χ4n) is 3.92. The Balaban J connectivity index is 1.55. The Kier molecular flexibility index (Phi) is 8.01. The highest BCUT2D eigenvalue weighted by Gasteiger charge is 2.25. The Morgan fingerprint density at radius 3 is 2.64 bits per heavy atom. The number of halogens is 1. The van der Waals surface area contributed by atoms with Crippen LogP contribution in [0.2, 0.25) is 5.02 Å². The van der Waals surface area contributed by atoms with E-state index in [2.05, 4.69) is 21.8 Å². The molecule has 36 heavy (non-hydrogen) atoms. The van der Waals surface area contributed by atoms with Crippen molar-refractivity contribution in [3.05, 3.63) is 86.5 Å². The lowest BCUT2D eigenvalue weighted by Gasteiger charge is -2.11. The third-order valence-electron chi connectivity index (χ3n) is 5.96. The van der Waals surface area contributed by atoms with Crippen LogP contribution in [0.1, 0.15) is 52.6 Å². The summed E-state index contributed by atoms with van der Waals surface area (Å²) < 4.78 is 7.40. The molecule has 1 aliphatic heterocycles. The Labute approximate surface area is 220 Å². The van der Waals surface area contributed by atoms with Crippen molar-refractivity contribution in [3.63, 3.8) is 0 Å². The number of amides is 1. The average Bonchev–Trinajstić information content (AvgIpc) is 3.34. The molecule has 0 unspecified atom stereocenters. The lowest BCUT2D eigenvalue weighted by molar-refractivity contribution is -0.115. The molecule has 1 amide bonds. The summed E-state index contributed by atoms with van der Waals surface area (Å²) in [5.41, 5.74) is 5.99. The van der Waals surface area contributed by atoms with Crippen LogP contribution in [0.15, 0.2) is 58.4 Å². The lowest BCUT2D eigenvalue weighted by Crippen LogP contribution is -2.19. The van der Waals surface area contributed by atoms with Gasteiger partial charge in [-0.3, -0.25) is 4.79 Å². The summed E-state index contributed by atoms with van der Waals surface area (Å²) in [6.07, 6.45) is 3.71. The molecule has 1 saturated heterocycles. The van der Waals surface area contributed by atoms with E-state index in [0.717, 1.165) is 46.7 Å². The molecule has 8 heteroatoms. The van der Waals surface area contributed by atoms with E-state index in [9.17, 15) is 9.59 Å². The number of carbonyl (C=O) groups excluding carboxylic acids is 2. The molecule has 1 N–H and O–H groups in total. The van der Waals surface area contributed by atoms with Crippen LogP contribution in [-0.2, 0) is 9.53 Å².